The van der Waals surface area contributed by atoms with Crippen LogP contribution in [0.4, 0.5) is 34.1 Å². The van der Waals surface area contributed by atoms with Crippen LogP contribution in [0.5, 0.6) is 0 Å². The molecular weight excluding hydrogens is 1010 g/mol. The fourth-order valence-corrected chi connectivity index (χ4v) is 13.4. The van der Waals surface area contributed by atoms with Gasteiger partial charge in [0.2, 0.25) is 0 Å². The zero-order valence-electron chi connectivity index (χ0n) is 45.7. The summed E-state index contributed by atoms with van der Waals surface area (Å²) >= 11 is 0. The molecule has 4 heterocycles. The first-order valence-electron chi connectivity index (χ1n) is 28.6. The molecule has 0 saturated carbocycles. The molecule has 17 rings (SSSR count). The Bertz CT molecular complexity index is 5090. The normalized spacial score (nSPS) is 12.1. The molecule has 0 aliphatic carbocycles. The van der Waals surface area contributed by atoms with Gasteiger partial charge in [0, 0.05) is 94.2 Å². The maximum atomic E-state index is 7.05. The minimum absolute atomic E-state index is 0.126. The molecule has 0 saturated heterocycles. The van der Waals surface area contributed by atoms with E-state index in [4.69, 9.17) is 8.83 Å². The molecule has 17 aromatic rings. The first-order valence-corrected chi connectivity index (χ1v) is 28.6. The highest BCUT2D eigenvalue weighted by Crippen LogP contribution is 2.47. The molecule has 13 aromatic carbocycles. The van der Waals surface area contributed by atoms with Crippen molar-refractivity contribution in [2.24, 2.45) is 0 Å². The summed E-state index contributed by atoms with van der Waals surface area (Å²) < 4.78 is 18.8. The smallest absolute Gasteiger partial charge is 0.142 e. The average molecular weight is 1070 g/mol. The molecule has 0 unspecified atom stereocenters. The lowest BCUT2D eigenvalue weighted by Crippen LogP contribution is -2.09. The molecule has 0 atom stereocenters. The largest absolute Gasteiger partial charge is 0.456 e. The van der Waals surface area contributed by atoms with Gasteiger partial charge in [-0.2, -0.15) is 0 Å². The van der Waals surface area contributed by atoms with E-state index in [0.29, 0.717) is 0 Å². The lowest BCUT2D eigenvalue weighted by molar-refractivity contribution is 0.638. The van der Waals surface area contributed by atoms with Crippen molar-refractivity contribution in [2.45, 2.75) is 19.8 Å². The second kappa shape index (κ2) is 18.4. The first-order chi connectivity index (χ1) is 41.0. The third kappa shape index (κ3) is 7.36. The van der Waals surface area contributed by atoms with Crippen molar-refractivity contribution in [3.63, 3.8) is 0 Å². The van der Waals surface area contributed by atoms with Crippen LogP contribution in [-0.2, 0) is 0 Å². The van der Waals surface area contributed by atoms with E-state index in [0.717, 1.165) is 116 Å². The van der Waals surface area contributed by atoms with E-state index in [-0.39, 0.29) is 5.92 Å². The molecule has 83 heavy (non-hydrogen) atoms. The van der Waals surface area contributed by atoms with Gasteiger partial charge in [0.15, 0.2) is 0 Å². The lowest BCUT2D eigenvalue weighted by Gasteiger charge is -2.26. The van der Waals surface area contributed by atoms with Crippen LogP contribution in [-0.4, -0.2) is 9.13 Å². The van der Waals surface area contributed by atoms with E-state index < -0.39 is 0 Å². The van der Waals surface area contributed by atoms with Crippen molar-refractivity contribution in [1.82, 2.24) is 9.13 Å². The van der Waals surface area contributed by atoms with Crippen molar-refractivity contribution in [3.05, 3.63) is 279 Å². The summed E-state index contributed by atoms with van der Waals surface area (Å²) in [5, 5.41) is 13.7. The Morgan fingerprint density at radius 1 is 0.277 bits per heavy atom. The van der Waals surface area contributed by atoms with E-state index in [2.05, 4.69) is 306 Å². The summed E-state index contributed by atoms with van der Waals surface area (Å²) in [7, 11) is 0. The predicted octanol–water partition coefficient (Wildman–Crippen LogP) is 22.0. The second-order valence-electron chi connectivity index (χ2n) is 22.3. The summed E-state index contributed by atoms with van der Waals surface area (Å²) in [5.41, 5.74) is 18.0. The zero-order valence-corrected chi connectivity index (χ0v) is 45.7. The van der Waals surface area contributed by atoms with Gasteiger partial charge in [0.25, 0.3) is 0 Å². The number of anilines is 6. The second-order valence-corrected chi connectivity index (χ2v) is 22.3. The number of fused-ring (bicyclic) bond motifs is 14. The molecule has 0 aliphatic heterocycles. The highest BCUT2D eigenvalue weighted by molar-refractivity contribution is 6.21. The molecule has 0 aliphatic rings. The van der Waals surface area contributed by atoms with Gasteiger partial charge >= 0.3 is 0 Å². The summed E-state index contributed by atoms with van der Waals surface area (Å²) in [4.78, 5) is 4.73. The van der Waals surface area contributed by atoms with Crippen LogP contribution in [0.2, 0.25) is 0 Å². The number of rotatable bonds is 9. The molecule has 0 fully saturated rings. The van der Waals surface area contributed by atoms with Gasteiger partial charge in [-0.05, 0) is 179 Å². The minimum atomic E-state index is 0.126. The van der Waals surface area contributed by atoms with Crippen molar-refractivity contribution < 1.29 is 8.83 Å². The predicted molar refractivity (Wildman–Crippen MR) is 348 cm³/mol. The molecule has 4 aromatic heterocycles. The summed E-state index contributed by atoms with van der Waals surface area (Å²) in [6, 6.07) is 98.8. The monoisotopic (exact) mass is 1060 g/mol. The van der Waals surface area contributed by atoms with Crippen LogP contribution >= 0.6 is 0 Å². The maximum Gasteiger partial charge on any atom is 0.142 e. The topological polar surface area (TPSA) is 42.6 Å². The number of benzene rings is 13. The van der Waals surface area contributed by atoms with Gasteiger partial charge in [-0.15, -0.1) is 0 Å². The SMILES string of the molecule is CC(C)c1c2oc3cc4cc(N(c5ccccc5)c5ccc6c(c5)c5ccccc5n6-c5ccccc5)ccc4cc3c2cc2c1oc1cc3cc(N(c4ccccc4)c4ccc5c(c4)c4ccccc4n5-c4ccccc4)ccc3cc12. The van der Waals surface area contributed by atoms with E-state index in [9.17, 15) is 0 Å². The molecule has 0 spiro atoms. The summed E-state index contributed by atoms with van der Waals surface area (Å²) in [6.45, 7) is 4.48. The van der Waals surface area contributed by atoms with Crippen LogP contribution in [0.1, 0.15) is 25.3 Å². The Morgan fingerprint density at radius 2 is 0.651 bits per heavy atom. The van der Waals surface area contributed by atoms with Gasteiger partial charge in [0.05, 0.1) is 22.1 Å². The molecule has 6 nitrogen and oxygen atoms in total. The van der Waals surface area contributed by atoms with Gasteiger partial charge in [-0.3, -0.25) is 0 Å². The fraction of sp³-hybridized carbons (Fsp3) is 0.0390. The van der Waals surface area contributed by atoms with Crippen molar-refractivity contribution >= 4 is 143 Å². The van der Waals surface area contributed by atoms with E-state index in [1.165, 1.54) is 43.6 Å². The number of furan rings is 2. The van der Waals surface area contributed by atoms with E-state index in [1.54, 1.807) is 0 Å². The Labute approximate surface area is 478 Å². The Hall–Kier alpha value is -10.8. The van der Waals surface area contributed by atoms with Gasteiger partial charge in [-0.25, -0.2) is 0 Å². The third-order valence-electron chi connectivity index (χ3n) is 17.1. The van der Waals surface area contributed by atoms with Crippen molar-refractivity contribution in [1.29, 1.82) is 0 Å². The van der Waals surface area contributed by atoms with Gasteiger partial charge in [-0.1, -0.05) is 135 Å². The van der Waals surface area contributed by atoms with Crippen LogP contribution < -0.4 is 9.80 Å². The highest BCUT2D eigenvalue weighted by atomic mass is 16.3. The zero-order chi connectivity index (χ0) is 54.9. The van der Waals surface area contributed by atoms with Crippen LogP contribution in [0, 0.1) is 0 Å². The van der Waals surface area contributed by atoms with Crippen molar-refractivity contribution in [2.75, 3.05) is 9.80 Å². The average Bonchev–Trinajstić information content (AvgIpc) is 3.40. The number of hydrogen-bond donors (Lipinski definition) is 0. The molecule has 0 amide bonds. The summed E-state index contributed by atoms with van der Waals surface area (Å²) in [6.07, 6.45) is 0. The number of nitrogens with zero attached hydrogens (tertiary/aromatic N) is 4. The highest BCUT2D eigenvalue weighted by Gasteiger charge is 2.25. The number of hydrogen-bond acceptors (Lipinski definition) is 4. The quantitative estimate of drug-likeness (QED) is 0.144. The molecule has 6 heteroatoms. The molecule has 0 N–H and O–H groups in total. The Morgan fingerprint density at radius 3 is 1.08 bits per heavy atom. The first kappa shape index (κ1) is 47.0. The maximum absolute atomic E-state index is 7.05. The van der Waals surface area contributed by atoms with Crippen LogP contribution in [0.25, 0.3) is 120 Å². The third-order valence-corrected chi connectivity index (χ3v) is 17.1. The number of para-hydroxylation sites is 6. The summed E-state index contributed by atoms with van der Waals surface area (Å²) in [5.74, 6) is 0.126. The molecule has 0 bridgehead atoms. The van der Waals surface area contributed by atoms with Gasteiger partial charge in [0.1, 0.15) is 22.3 Å². The standard InChI is InChI=1S/C77H52N4O2/c1-48(2)75-76-67(65-41-49-31-33-57(39-51(49)43-73(65)82-76)78(53-19-7-3-8-20-53)59-35-37-71-63(45-59)61-27-15-17-29-69(61)80(71)55-23-11-5-12-24-55)47-68-66-42-50-32-34-58(40-52(50)44-74(66)83-77(68)75)79(54-21-9-4-10-22-54)60-36-38-72-64(46-60)62-28-16-18-30-70(62)81(72)56-25-13-6-14-26-56/h3-48H,1-2H3. The molecule has 392 valence electrons. The van der Waals surface area contributed by atoms with Crippen LogP contribution in [0.3, 0.4) is 0 Å². The molecular formula is C77H52N4O2. The Balaban J connectivity index is 0.772. The van der Waals surface area contributed by atoms with Gasteiger partial charge < -0.3 is 27.8 Å². The van der Waals surface area contributed by atoms with Crippen molar-refractivity contribution in [3.8, 4) is 11.4 Å². The fourth-order valence-electron chi connectivity index (χ4n) is 13.4. The van der Waals surface area contributed by atoms with E-state index in [1.807, 2.05) is 0 Å². The minimum Gasteiger partial charge on any atom is -0.456 e. The van der Waals surface area contributed by atoms with E-state index >= 15 is 0 Å². The Kier molecular flexibility index (Phi) is 10.4. The lowest BCUT2D eigenvalue weighted by atomic mass is 9.95. The van der Waals surface area contributed by atoms with Crippen LogP contribution in [0.15, 0.2) is 282 Å². The molecule has 0 radical (unpaired) electrons. The number of aromatic nitrogens is 2.